The Morgan fingerprint density at radius 1 is 1.53 bits per heavy atom. The van der Waals surface area contributed by atoms with Crippen molar-refractivity contribution in [3.63, 3.8) is 0 Å². The molecule has 2 aromatic rings. The summed E-state index contributed by atoms with van der Waals surface area (Å²) < 4.78 is 1.80. The van der Waals surface area contributed by atoms with Crippen molar-refractivity contribution in [2.75, 3.05) is 17.3 Å². The van der Waals surface area contributed by atoms with Gasteiger partial charge in [0, 0.05) is 18.9 Å². The van der Waals surface area contributed by atoms with Crippen LogP contribution in [0.1, 0.15) is 12.8 Å². The fourth-order valence-corrected chi connectivity index (χ4v) is 2.17. The Bertz CT molecular complexity index is 608. The summed E-state index contributed by atoms with van der Waals surface area (Å²) in [5.41, 5.74) is 3.16. The molecule has 5 N–H and O–H groups in total. The fourth-order valence-electron chi connectivity index (χ4n) is 2.17. The SMILES string of the molecule is NNc1cn2ccnc2c(NC2CCCNC2=O)n1. The van der Waals surface area contributed by atoms with Crippen LogP contribution in [-0.4, -0.2) is 32.9 Å². The number of hydrogen-bond donors (Lipinski definition) is 4. The molecule has 0 aromatic carbocycles. The number of aromatic nitrogens is 3. The average molecular weight is 261 g/mol. The third-order valence-electron chi connectivity index (χ3n) is 3.12. The second-order valence-electron chi connectivity index (χ2n) is 4.41. The Morgan fingerprint density at radius 2 is 2.42 bits per heavy atom. The molecule has 1 saturated heterocycles. The molecule has 0 saturated carbocycles. The number of hydrogen-bond acceptors (Lipinski definition) is 6. The van der Waals surface area contributed by atoms with E-state index in [1.165, 1.54) is 0 Å². The van der Waals surface area contributed by atoms with E-state index in [1.807, 2.05) is 0 Å². The normalized spacial score (nSPS) is 19.2. The van der Waals surface area contributed by atoms with Gasteiger partial charge in [-0.25, -0.2) is 15.8 Å². The summed E-state index contributed by atoms with van der Waals surface area (Å²) in [4.78, 5) is 20.3. The zero-order valence-corrected chi connectivity index (χ0v) is 10.3. The number of amides is 1. The number of carbonyl (C=O) groups is 1. The second-order valence-corrected chi connectivity index (χ2v) is 4.41. The summed E-state index contributed by atoms with van der Waals surface area (Å²) in [5.74, 6) is 6.42. The van der Waals surface area contributed by atoms with Crippen molar-refractivity contribution in [2.24, 2.45) is 5.84 Å². The molecular weight excluding hydrogens is 246 g/mol. The maximum Gasteiger partial charge on any atom is 0.242 e. The summed E-state index contributed by atoms with van der Waals surface area (Å²) in [6, 6.07) is -0.283. The number of rotatable bonds is 3. The monoisotopic (exact) mass is 261 g/mol. The number of nitrogen functional groups attached to an aromatic ring is 1. The van der Waals surface area contributed by atoms with Crippen LogP contribution in [0, 0.1) is 0 Å². The third kappa shape index (κ3) is 2.17. The lowest BCUT2D eigenvalue weighted by Crippen LogP contribution is -2.44. The zero-order chi connectivity index (χ0) is 13.2. The number of nitrogens with two attached hydrogens (primary N) is 1. The number of nitrogens with zero attached hydrogens (tertiary/aromatic N) is 3. The molecule has 19 heavy (non-hydrogen) atoms. The van der Waals surface area contributed by atoms with Gasteiger partial charge in [-0.05, 0) is 12.8 Å². The van der Waals surface area contributed by atoms with Crippen LogP contribution in [0.5, 0.6) is 0 Å². The summed E-state index contributed by atoms with van der Waals surface area (Å²) in [5, 5.41) is 5.96. The lowest BCUT2D eigenvalue weighted by Gasteiger charge is -2.23. The van der Waals surface area contributed by atoms with E-state index in [0.29, 0.717) is 17.3 Å². The highest BCUT2D eigenvalue weighted by molar-refractivity contribution is 5.86. The van der Waals surface area contributed by atoms with Gasteiger partial charge in [-0.2, -0.15) is 0 Å². The van der Waals surface area contributed by atoms with Crippen molar-refractivity contribution in [1.29, 1.82) is 0 Å². The predicted octanol–water partition coefficient (Wildman–Crippen LogP) is -0.295. The summed E-state index contributed by atoms with van der Waals surface area (Å²) >= 11 is 0. The van der Waals surface area contributed by atoms with Crippen LogP contribution < -0.4 is 21.9 Å². The maximum absolute atomic E-state index is 11.8. The maximum atomic E-state index is 11.8. The zero-order valence-electron chi connectivity index (χ0n) is 10.3. The van der Waals surface area contributed by atoms with Crippen LogP contribution in [0.4, 0.5) is 11.6 Å². The van der Waals surface area contributed by atoms with Crippen molar-refractivity contribution < 1.29 is 4.79 Å². The lowest BCUT2D eigenvalue weighted by atomic mass is 10.1. The van der Waals surface area contributed by atoms with Crippen LogP contribution in [0.3, 0.4) is 0 Å². The summed E-state index contributed by atoms with van der Waals surface area (Å²) in [6.45, 7) is 0.730. The van der Waals surface area contributed by atoms with Crippen LogP contribution in [-0.2, 0) is 4.79 Å². The molecule has 3 heterocycles. The highest BCUT2D eigenvalue weighted by Gasteiger charge is 2.23. The molecule has 8 nitrogen and oxygen atoms in total. The molecule has 1 aliphatic heterocycles. The minimum Gasteiger partial charge on any atom is -0.355 e. The largest absolute Gasteiger partial charge is 0.355 e. The van der Waals surface area contributed by atoms with Gasteiger partial charge >= 0.3 is 0 Å². The number of fused-ring (bicyclic) bond motifs is 1. The van der Waals surface area contributed by atoms with E-state index in [0.717, 1.165) is 19.4 Å². The summed E-state index contributed by atoms with van der Waals surface area (Å²) in [7, 11) is 0. The number of piperidine rings is 1. The minimum atomic E-state index is -0.283. The smallest absolute Gasteiger partial charge is 0.242 e. The van der Waals surface area contributed by atoms with E-state index < -0.39 is 0 Å². The second kappa shape index (κ2) is 4.73. The Kier molecular flexibility index (Phi) is 2.92. The molecule has 1 fully saturated rings. The van der Waals surface area contributed by atoms with Crippen molar-refractivity contribution in [3.05, 3.63) is 18.6 Å². The van der Waals surface area contributed by atoms with Crippen molar-refractivity contribution in [2.45, 2.75) is 18.9 Å². The molecule has 3 rings (SSSR count). The molecule has 0 bridgehead atoms. The van der Waals surface area contributed by atoms with E-state index >= 15 is 0 Å². The first-order valence-corrected chi connectivity index (χ1v) is 6.12. The number of nitrogens with one attached hydrogen (secondary N) is 3. The van der Waals surface area contributed by atoms with Gasteiger partial charge < -0.3 is 20.5 Å². The first-order valence-electron chi connectivity index (χ1n) is 6.12. The lowest BCUT2D eigenvalue weighted by molar-refractivity contribution is -0.123. The molecule has 0 spiro atoms. The molecule has 8 heteroatoms. The standard InChI is InChI=1S/C11H15N7O/c12-17-8-6-18-5-4-13-10(18)9(16-8)15-7-2-1-3-14-11(7)19/h4-7,17H,1-3,12H2,(H,14,19)(H,15,16). The predicted molar refractivity (Wildman–Crippen MR) is 70.5 cm³/mol. The quantitative estimate of drug-likeness (QED) is 0.446. The molecule has 1 atom stereocenters. The highest BCUT2D eigenvalue weighted by Crippen LogP contribution is 2.18. The van der Waals surface area contributed by atoms with Crippen LogP contribution in [0.25, 0.3) is 5.65 Å². The topological polar surface area (TPSA) is 109 Å². The van der Waals surface area contributed by atoms with Crippen LogP contribution >= 0.6 is 0 Å². The first-order chi connectivity index (χ1) is 9.28. The van der Waals surface area contributed by atoms with Crippen LogP contribution in [0.2, 0.25) is 0 Å². The average Bonchev–Trinajstić information content (AvgIpc) is 2.89. The molecule has 100 valence electrons. The molecule has 0 radical (unpaired) electrons. The Labute approximate surface area is 109 Å². The molecule has 0 aliphatic carbocycles. The van der Waals surface area contributed by atoms with Gasteiger partial charge in [0.05, 0.1) is 6.20 Å². The van der Waals surface area contributed by atoms with E-state index in [2.05, 4.69) is 26.0 Å². The van der Waals surface area contributed by atoms with E-state index in [1.54, 1.807) is 23.0 Å². The molecule has 1 unspecified atom stereocenters. The van der Waals surface area contributed by atoms with E-state index in [4.69, 9.17) is 5.84 Å². The first kappa shape index (κ1) is 11.7. The van der Waals surface area contributed by atoms with Gasteiger partial charge in [0.1, 0.15) is 6.04 Å². The third-order valence-corrected chi connectivity index (χ3v) is 3.12. The molecule has 2 aromatic heterocycles. The van der Waals surface area contributed by atoms with Crippen molar-refractivity contribution in [3.8, 4) is 0 Å². The Hall–Kier alpha value is -2.35. The molecule has 1 aliphatic rings. The van der Waals surface area contributed by atoms with Gasteiger partial charge in [-0.3, -0.25) is 4.79 Å². The van der Waals surface area contributed by atoms with Gasteiger partial charge in [0.25, 0.3) is 0 Å². The van der Waals surface area contributed by atoms with Gasteiger partial charge in [-0.15, -0.1) is 0 Å². The van der Waals surface area contributed by atoms with E-state index in [9.17, 15) is 4.79 Å². The summed E-state index contributed by atoms with van der Waals surface area (Å²) in [6.07, 6.45) is 6.92. The van der Waals surface area contributed by atoms with Gasteiger partial charge in [0.15, 0.2) is 17.3 Å². The number of anilines is 2. The van der Waals surface area contributed by atoms with E-state index in [-0.39, 0.29) is 11.9 Å². The number of hydrazine groups is 1. The van der Waals surface area contributed by atoms with Gasteiger partial charge in [0.2, 0.25) is 5.91 Å². The van der Waals surface area contributed by atoms with Gasteiger partial charge in [-0.1, -0.05) is 0 Å². The van der Waals surface area contributed by atoms with Crippen LogP contribution in [0.15, 0.2) is 18.6 Å². The highest BCUT2D eigenvalue weighted by atomic mass is 16.2. The Balaban J connectivity index is 1.94. The fraction of sp³-hybridized carbons (Fsp3) is 0.364. The van der Waals surface area contributed by atoms with Crippen molar-refractivity contribution >= 4 is 23.2 Å². The number of imidazole rings is 1. The Morgan fingerprint density at radius 3 is 3.21 bits per heavy atom. The number of carbonyl (C=O) groups excluding carboxylic acids is 1. The van der Waals surface area contributed by atoms with Crippen molar-refractivity contribution in [1.82, 2.24) is 19.7 Å². The molecule has 1 amide bonds. The molecular formula is C11H15N7O. The minimum absolute atomic E-state index is 0.0103.